The van der Waals surface area contributed by atoms with Gasteiger partial charge in [0.2, 0.25) is 15.9 Å². The summed E-state index contributed by atoms with van der Waals surface area (Å²) in [6.07, 6.45) is 1.29. The summed E-state index contributed by atoms with van der Waals surface area (Å²) in [5, 5.41) is 2.94. The van der Waals surface area contributed by atoms with Gasteiger partial charge in [-0.25, -0.2) is 8.42 Å². The highest BCUT2D eigenvalue weighted by molar-refractivity contribution is 7.89. The number of para-hydroxylation sites is 1. The topological polar surface area (TPSA) is 92.3 Å². The Morgan fingerprint density at radius 3 is 2.82 bits per heavy atom. The molecule has 0 saturated carbocycles. The summed E-state index contributed by atoms with van der Waals surface area (Å²) in [5.74, 6) is -0.543. The van der Waals surface area contributed by atoms with E-state index in [2.05, 4.69) is 14.1 Å². The molecule has 1 amide bonds. The highest BCUT2D eigenvalue weighted by Gasteiger charge is 2.34. The molecular weight excluding hydrogens is 396 g/mol. The van der Waals surface area contributed by atoms with E-state index in [9.17, 15) is 13.2 Å². The second-order valence-electron chi connectivity index (χ2n) is 6.89. The Morgan fingerprint density at radius 1 is 1.18 bits per heavy atom. The first-order chi connectivity index (χ1) is 13.5. The van der Waals surface area contributed by atoms with E-state index >= 15 is 0 Å². The van der Waals surface area contributed by atoms with Crippen molar-refractivity contribution in [3.63, 3.8) is 0 Å². The van der Waals surface area contributed by atoms with Gasteiger partial charge in [-0.1, -0.05) is 24.3 Å². The Balaban J connectivity index is 1.55. The van der Waals surface area contributed by atoms with Crippen LogP contribution >= 0.6 is 11.7 Å². The molecule has 1 aliphatic heterocycles. The maximum absolute atomic E-state index is 13.2. The predicted octanol–water partition coefficient (Wildman–Crippen LogP) is 3.04. The van der Waals surface area contributed by atoms with Gasteiger partial charge in [0.15, 0.2) is 0 Å². The average Bonchev–Trinajstić information content (AvgIpc) is 3.18. The minimum Gasteiger partial charge on any atom is -0.326 e. The van der Waals surface area contributed by atoms with Crippen molar-refractivity contribution in [1.82, 2.24) is 13.1 Å². The standard InChI is InChI=1S/C19H20N4O3S2/c1-13-6-2-3-8-15(13)20-19(24)14-7-5-11-23(12-14)28(25,26)17-10-4-9-16-18(17)22-27-21-16/h2-4,6,8-10,14H,5,7,11-12H2,1H3,(H,20,24)/t14-/m0/s1. The van der Waals surface area contributed by atoms with Crippen molar-refractivity contribution in [3.8, 4) is 0 Å². The highest BCUT2D eigenvalue weighted by atomic mass is 32.2. The molecule has 28 heavy (non-hydrogen) atoms. The number of nitrogens with one attached hydrogen (secondary N) is 1. The number of aryl methyl sites for hydroxylation is 1. The molecule has 1 saturated heterocycles. The van der Waals surface area contributed by atoms with E-state index in [-0.39, 0.29) is 17.3 Å². The summed E-state index contributed by atoms with van der Waals surface area (Å²) in [6.45, 7) is 2.48. The fourth-order valence-corrected chi connectivity index (χ4v) is 5.73. The summed E-state index contributed by atoms with van der Waals surface area (Å²) in [4.78, 5) is 12.9. The molecule has 1 fully saturated rings. The third kappa shape index (κ3) is 3.52. The fraction of sp³-hybridized carbons (Fsp3) is 0.316. The molecule has 1 atom stereocenters. The summed E-state index contributed by atoms with van der Waals surface area (Å²) in [6, 6.07) is 12.5. The van der Waals surface area contributed by atoms with Gasteiger partial charge in [-0.2, -0.15) is 13.1 Å². The van der Waals surface area contributed by atoms with Crippen molar-refractivity contribution in [2.75, 3.05) is 18.4 Å². The van der Waals surface area contributed by atoms with Crippen LogP contribution in [-0.4, -0.2) is 40.5 Å². The van der Waals surface area contributed by atoms with Crippen LogP contribution < -0.4 is 5.32 Å². The zero-order valence-corrected chi connectivity index (χ0v) is 17.0. The van der Waals surface area contributed by atoms with Crippen LogP contribution in [0.2, 0.25) is 0 Å². The Labute approximate surface area is 167 Å². The second-order valence-corrected chi connectivity index (χ2v) is 9.33. The predicted molar refractivity (Wildman–Crippen MR) is 109 cm³/mol. The van der Waals surface area contributed by atoms with E-state index in [4.69, 9.17) is 0 Å². The number of anilines is 1. The molecule has 3 aromatic rings. The Hall–Kier alpha value is -2.36. The quantitative estimate of drug-likeness (QED) is 0.706. The Morgan fingerprint density at radius 2 is 2.00 bits per heavy atom. The number of piperidine rings is 1. The van der Waals surface area contributed by atoms with E-state index in [1.807, 2.05) is 31.2 Å². The average molecular weight is 417 g/mol. The molecule has 146 valence electrons. The van der Waals surface area contributed by atoms with Gasteiger partial charge in [0.05, 0.1) is 17.6 Å². The molecule has 2 aromatic carbocycles. The number of benzene rings is 2. The zero-order valence-electron chi connectivity index (χ0n) is 15.3. The van der Waals surface area contributed by atoms with Crippen LogP contribution in [0.4, 0.5) is 5.69 Å². The van der Waals surface area contributed by atoms with Crippen LogP contribution in [0.5, 0.6) is 0 Å². The first-order valence-corrected chi connectivity index (χ1v) is 11.2. The van der Waals surface area contributed by atoms with Crippen LogP contribution in [0.25, 0.3) is 11.0 Å². The van der Waals surface area contributed by atoms with Crippen molar-refractivity contribution in [3.05, 3.63) is 48.0 Å². The fourth-order valence-electron chi connectivity index (χ4n) is 3.45. The van der Waals surface area contributed by atoms with Gasteiger partial charge in [-0.15, -0.1) is 0 Å². The molecule has 1 aliphatic rings. The van der Waals surface area contributed by atoms with Gasteiger partial charge in [0, 0.05) is 18.8 Å². The lowest BCUT2D eigenvalue weighted by Crippen LogP contribution is -2.43. The molecule has 1 aromatic heterocycles. The normalized spacial score (nSPS) is 18.2. The second kappa shape index (κ2) is 7.57. The zero-order chi connectivity index (χ0) is 19.7. The van der Waals surface area contributed by atoms with Crippen LogP contribution in [0.15, 0.2) is 47.4 Å². The van der Waals surface area contributed by atoms with Crippen molar-refractivity contribution in [2.24, 2.45) is 5.92 Å². The van der Waals surface area contributed by atoms with E-state index in [1.54, 1.807) is 18.2 Å². The number of aromatic nitrogens is 2. The Bertz CT molecular complexity index is 1130. The van der Waals surface area contributed by atoms with Crippen LogP contribution in [-0.2, 0) is 14.8 Å². The van der Waals surface area contributed by atoms with Crippen molar-refractivity contribution < 1.29 is 13.2 Å². The number of carbonyl (C=O) groups excluding carboxylic acids is 1. The van der Waals surface area contributed by atoms with Gasteiger partial charge < -0.3 is 5.32 Å². The summed E-state index contributed by atoms with van der Waals surface area (Å²) < 4.78 is 36.1. The molecule has 1 N–H and O–H groups in total. The maximum atomic E-state index is 13.2. The van der Waals surface area contributed by atoms with Crippen molar-refractivity contribution in [1.29, 1.82) is 0 Å². The van der Waals surface area contributed by atoms with E-state index in [0.29, 0.717) is 30.4 Å². The molecule has 0 spiro atoms. The largest absolute Gasteiger partial charge is 0.326 e. The van der Waals surface area contributed by atoms with Gasteiger partial charge in [0.1, 0.15) is 15.9 Å². The van der Waals surface area contributed by atoms with Gasteiger partial charge in [-0.05, 0) is 43.5 Å². The SMILES string of the molecule is Cc1ccccc1NC(=O)[C@H]1CCCN(S(=O)(=O)c2cccc3nsnc23)C1. The van der Waals surface area contributed by atoms with Gasteiger partial charge in [-0.3, -0.25) is 4.79 Å². The minimum absolute atomic E-state index is 0.150. The third-order valence-corrected chi connectivity index (χ3v) is 7.46. The summed E-state index contributed by atoms with van der Waals surface area (Å²) >= 11 is 0.991. The van der Waals surface area contributed by atoms with Crippen molar-refractivity contribution in [2.45, 2.75) is 24.7 Å². The van der Waals surface area contributed by atoms with E-state index in [1.165, 1.54) is 4.31 Å². The van der Waals surface area contributed by atoms with E-state index in [0.717, 1.165) is 23.0 Å². The lowest BCUT2D eigenvalue weighted by Gasteiger charge is -2.31. The molecule has 0 bridgehead atoms. The molecule has 0 unspecified atom stereocenters. The number of hydrogen-bond acceptors (Lipinski definition) is 6. The lowest BCUT2D eigenvalue weighted by molar-refractivity contribution is -0.120. The number of carbonyl (C=O) groups is 1. The van der Waals surface area contributed by atoms with Gasteiger partial charge in [0.25, 0.3) is 0 Å². The molecular formula is C19H20N4O3S2. The van der Waals surface area contributed by atoms with E-state index < -0.39 is 15.9 Å². The van der Waals surface area contributed by atoms with Crippen LogP contribution in [0, 0.1) is 12.8 Å². The number of rotatable bonds is 4. The number of fused-ring (bicyclic) bond motifs is 1. The number of nitrogens with zero attached hydrogens (tertiary/aromatic N) is 3. The van der Waals surface area contributed by atoms with Crippen LogP contribution in [0.1, 0.15) is 18.4 Å². The lowest BCUT2D eigenvalue weighted by atomic mass is 9.98. The highest BCUT2D eigenvalue weighted by Crippen LogP contribution is 2.28. The monoisotopic (exact) mass is 416 g/mol. The molecule has 0 aliphatic carbocycles. The first kappa shape index (κ1) is 19.0. The Kier molecular flexibility index (Phi) is 5.13. The smallest absolute Gasteiger partial charge is 0.245 e. The molecule has 4 rings (SSSR count). The molecule has 0 radical (unpaired) electrons. The number of hydrogen-bond donors (Lipinski definition) is 1. The summed E-state index contributed by atoms with van der Waals surface area (Å²) in [7, 11) is -3.75. The third-order valence-electron chi connectivity index (χ3n) is 5.02. The molecule has 7 nitrogen and oxygen atoms in total. The summed E-state index contributed by atoms with van der Waals surface area (Å²) in [5.41, 5.74) is 2.68. The van der Waals surface area contributed by atoms with Gasteiger partial charge >= 0.3 is 0 Å². The molecule has 9 heteroatoms. The number of sulfonamides is 1. The maximum Gasteiger partial charge on any atom is 0.245 e. The number of amides is 1. The minimum atomic E-state index is -3.75. The first-order valence-electron chi connectivity index (χ1n) is 9.05. The van der Waals surface area contributed by atoms with Crippen LogP contribution in [0.3, 0.4) is 0 Å². The molecule has 2 heterocycles. The van der Waals surface area contributed by atoms with Crippen molar-refractivity contribution >= 4 is 44.4 Å².